The molecule has 2 heterocycles. The van der Waals surface area contributed by atoms with Gasteiger partial charge in [-0.1, -0.05) is 6.92 Å². The molecule has 0 aliphatic rings. The standard InChI is InChI=1S/C11H13BrN4O2/c1-2-5-18-7-10(17)14-11-13-9-4-3-8(12)6-16(9)15-11/h3-4,6H,2,5,7H2,1H3,(H,14,15,17). The van der Waals surface area contributed by atoms with Gasteiger partial charge in [-0.05, 0) is 34.5 Å². The van der Waals surface area contributed by atoms with Crippen LogP contribution in [0.3, 0.4) is 0 Å². The molecule has 0 atom stereocenters. The van der Waals surface area contributed by atoms with Crippen LogP contribution in [-0.2, 0) is 9.53 Å². The summed E-state index contributed by atoms with van der Waals surface area (Å²) in [6.07, 6.45) is 2.65. The monoisotopic (exact) mass is 312 g/mol. The molecule has 2 rings (SSSR count). The quantitative estimate of drug-likeness (QED) is 0.856. The predicted molar refractivity (Wildman–Crippen MR) is 70.4 cm³/mol. The van der Waals surface area contributed by atoms with Crippen molar-refractivity contribution >= 4 is 33.4 Å². The summed E-state index contributed by atoms with van der Waals surface area (Å²) < 4.78 is 7.61. The Morgan fingerprint density at radius 1 is 1.56 bits per heavy atom. The number of carbonyl (C=O) groups excluding carboxylic acids is 1. The van der Waals surface area contributed by atoms with Crippen molar-refractivity contribution in [1.29, 1.82) is 0 Å². The Morgan fingerprint density at radius 3 is 3.17 bits per heavy atom. The fourth-order valence-electron chi connectivity index (χ4n) is 1.38. The van der Waals surface area contributed by atoms with Gasteiger partial charge in [-0.3, -0.25) is 10.1 Å². The number of pyridine rings is 1. The summed E-state index contributed by atoms with van der Waals surface area (Å²) in [6.45, 7) is 2.57. The summed E-state index contributed by atoms with van der Waals surface area (Å²) in [5, 5.41) is 6.72. The second-order valence-electron chi connectivity index (χ2n) is 3.69. The summed E-state index contributed by atoms with van der Waals surface area (Å²) in [7, 11) is 0. The maximum Gasteiger partial charge on any atom is 0.252 e. The van der Waals surface area contributed by atoms with Crippen LogP contribution in [0, 0.1) is 0 Å². The number of halogens is 1. The summed E-state index contributed by atoms with van der Waals surface area (Å²) in [6, 6.07) is 3.67. The predicted octanol–water partition coefficient (Wildman–Crippen LogP) is 1.86. The van der Waals surface area contributed by atoms with Gasteiger partial charge in [0.1, 0.15) is 6.61 Å². The molecule has 0 saturated carbocycles. The van der Waals surface area contributed by atoms with Gasteiger partial charge in [0.2, 0.25) is 5.95 Å². The van der Waals surface area contributed by atoms with Gasteiger partial charge < -0.3 is 4.74 Å². The number of aromatic nitrogens is 3. The molecule has 6 nitrogen and oxygen atoms in total. The second-order valence-corrected chi connectivity index (χ2v) is 4.60. The SMILES string of the molecule is CCCOCC(=O)Nc1nc2ccc(Br)cn2n1. The lowest BCUT2D eigenvalue weighted by molar-refractivity contribution is -0.120. The maximum atomic E-state index is 11.5. The summed E-state index contributed by atoms with van der Waals surface area (Å²) in [5.41, 5.74) is 0.669. The Hall–Kier alpha value is -1.47. The molecule has 2 aromatic rings. The molecule has 18 heavy (non-hydrogen) atoms. The molecule has 96 valence electrons. The molecular formula is C11H13BrN4O2. The van der Waals surface area contributed by atoms with Crippen LogP contribution in [-0.4, -0.2) is 33.7 Å². The molecule has 0 fully saturated rings. The van der Waals surface area contributed by atoms with Crippen molar-refractivity contribution in [2.45, 2.75) is 13.3 Å². The van der Waals surface area contributed by atoms with Gasteiger partial charge in [0.15, 0.2) is 5.65 Å². The summed E-state index contributed by atoms with van der Waals surface area (Å²) in [5.74, 6) is 0.0246. The molecule has 7 heteroatoms. The van der Waals surface area contributed by atoms with Crippen molar-refractivity contribution in [3.63, 3.8) is 0 Å². The third kappa shape index (κ3) is 3.27. The highest BCUT2D eigenvalue weighted by atomic mass is 79.9. The van der Waals surface area contributed by atoms with Crippen LogP contribution in [0.15, 0.2) is 22.8 Å². The van der Waals surface area contributed by atoms with E-state index in [0.717, 1.165) is 10.9 Å². The first kappa shape index (κ1) is 13.0. The third-order valence-electron chi connectivity index (χ3n) is 2.13. The van der Waals surface area contributed by atoms with Gasteiger partial charge in [0, 0.05) is 17.3 Å². The summed E-state index contributed by atoms with van der Waals surface area (Å²) >= 11 is 3.34. The van der Waals surface area contributed by atoms with Crippen LogP contribution in [0.2, 0.25) is 0 Å². The van der Waals surface area contributed by atoms with E-state index in [1.54, 1.807) is 16.8 Å². The van der Waals surface area contributed by atoms with Crippen LogP contribution in [0.4, 0.5) is 5.95 Å². The smallest absolute Gasteiger partial charge is 0.252 e. The Labute approximate surface area is 112 Å². The third-order valence-corrected chi connectivity index (χ3v) is 2.60. The Morgan fingerprint density at radius 2 is 2.39 bits per heavy atom. The molecule has 0 aromatic carbocycles. The van der Waals surface area contributed by atoms with Crippen LogP contribution in [0.5, 0.6) is 0 Å². The van der Waals surface area contributed by atoms with E-state index in [9.17, 15) is 4.79 Å². The lowest BCUT2D eigenvalue weighted by atomic mass is 10.5. The normalized spacial score (nSPS) is 10.8. The first-order chi connectivity index (χ1) is 8.69. The molecule has 0 aliphatic heterocycles. The number of rotatable bonds is 5. The topological polar surface area (TPSA) is 68.5 Å². The zero-order valence-corrected chi connectivity index (χ0v) is 11.5. The Kier molecular flexibility index (Phi) is 4.27. The number of fused-ring (bicyclic) bond motifs is 1. The van der Waals surface area contributed by atoms with Crippen LogP contribution in [0.25, 0.3) is 5.65 Å². The number of ether oxygens (including phenoxy) is 1. The number of hydrogen-bond acceptors (Lipinski definition) is 4. The average molecular weight is 313 g/mol. The minimum atomic E-state index is -0.251. The highest BCUT2D eigenvalue weighted by molar-refractivity contribution is 9.10. The largest absolute Gasteiger partial charge is 0.372 e. The zero-order valence-electron chi connectivity index (χ0n) is 9.89. The van der Waals surface area contributed by atoms with Crippen LogP contribution in [0.1, 0.15) is 13.3 Å². The molecule has 1 N–H and O–H groups in total. The van der Waals surface area contributed by atoms with E-state index in [4.69, 9.17) is 4.74 Å². The molecule has 0 saturated heterocycles. The highest BCUT2D eigenvalue weighted by Crippen LogP contribution is 2.11. The first-order valence-corrected chi connectivity index (χ1v) is 6.38. The van der Waals surface area contributed by atoms with E-state index < -0.39 is 0 Å². The minimum Gasteiger partial charge on any atom is -0.372 e. The van der Waals surface area contributed by atoms with Crippen molar-refractivity contribution in [3.05, 3.63) is 22.8 Å². The Balaban J connectivity index is 2.01. The number of hydrogen-bond donors (Lipinski definition) is 1. The molecule has 0 unspecified atom stereocenters. The number of anilines is 1. The number of nitrogens with zero attached hydrogens (tertiary/aromatic N) is 3. The Bertz CT molecular complexity index is 555. The van der Waals surface area contributed by atoms with Crippen LogP contribution >= 0.6 is 15.9 Å². The van der Waals surface area contributed by atoms with Crippen molar-refractivity contribution in [1.82, 2.24) is 14.6 Å². The van der Waals surface area contributed by atoms with E-state index in [1.165, 1.54) is 0 Å². The molecule has 0 bridgehead atoms. The van der Waals surface area contributed by atoms with Gasteiger partial charge in [-0.2, -0.15) is 4.98 Å². The fourth-order valence-corrected chi connectivity index (χ4v) is 1.71. The molecule has 0 aliphatic carbocycles. The van der Waals surface area contributed by atoms with Crippen LogP contribution < -0.4 is 5.32 Å². The molecule has 2 aromatic heterocycles. The van der Waals surface area contributed by atoms with E-state index >= 15 is 0 Å². The maximum absolute atomic E-state index is 11.5. The van der Waals surface area contributed by atoms with Gasteiger partial charge in [0.25, 0.3) is 5.91 Å². The van der Waals surface area contributed by atoms with Gasteiger partial charge in [0.05, 0.1) is 0 Å². The molecular weight excluding hydrogens is 300 g/mol. The molecule has 1 amide bonds. The van der Waals surface area contributed by atoms with Gasteiger partial charge >= 0.3 is 0 Å². The minimum absolute atomic E-state index is 0.0209. The zero-order chi connectivity index (χ0) is 13.0. The van der Waals surface area contributed by atoms with Crippen molar-refractivity contribution in [2.75, 3.05) is 18.5 Å². The second kappa shape index (κ2) is 5.92. The molecule has 0 spiro atoms. The molecule has 0 radical (unpaired) electrons. The van der Waals surface area contributed by atoms with Gasteiger partial charge in [-0.15, -0.1) is 5.10 Å². The van der Waals surface area contributed by atoms with E-state index in [1.807, 2.05) is 13.0 Å². The first-order valence-electron chi connectivity index (χ1n) is 5.58. The van der Waals surface area contributed by atoms with Gasteiger partial charge in [-0.25, -0.2) is 4.52 Å². The average Bonchev–Trinajstić information content (AvgIpc) is 2.70. The van der Waals surface area contributed by atoms with Crippen molar-refractivity contribution in [3.8, 4) is 0 Å². The van der Waals surface area contributed by atoms with E-state index in [0.29, 0.717) is 12.3 Å². The number of amides is 1. The lowest BCUT2D eigenvalue weighted by Crippen LogP contribution is -2.19. The van der Waals surface area contributed by atoms with Crippen molar-refractivity contribution < 1.29 is 9.53 Å². The summed E-state index contributed by atoms with van der Waals surface area (Å²) in [4.78, 5) is 15.7. The van der Waals surface area contributed by atoms with E-state index in [-0.39, 0.29) is 18.5 Å². The highest BCUT2D eigenvalue weighted by Gasteiger charge is 2.07. The fraction of sp³-hybridized carbons (Fsp3) is 0.364. The lowest BCUT2D eigenvalue weighted by Gasteiger charge is -2.01. The van der Waals surface area contributed by atoms with Crippen molar-refractivity contribution in [2.24, 2.45) is 0 Å². The number of nitrogens with one attached hydrogen (secondary N) is 1. The number of carbonyl (C=O) groups is 1. The van der Waals surface area contributed by atoms with E-state index in [2.05, 4.69) is 31.3 Å².